The van der Waals surface area contributed by atoms with Gasteiger partial charge in [0, 0.05) is 7.05 Å². The number of alkyl carbamates (subject to hydrolysis) is 1. The maximum Gasteiger partial charge on any atom is 0.414 e. The van der Waals surface area contributed by atoms with E-state index in [2.05, 4.69) is 31.2 Å². The zero-order valence-electron chi connectivity index (χ0n) is 14.7. The van der Waals surface area contributed by atoms with E-state index in [0.29, 0.717) is 10.3 Å². The van der Waals surface area contributed by atoms with Gasteiger partial charge in [-0.1, -0.05) is 6.07 Å². The lowest BCUT2D eigenvalue weighted by atomic mass is 10.0. The summed E-state index contributed by atoms with van der Waals surface area (Å²) in [5.74, 6) is -0.371. The number of nitrogens with one attached hydrogen (secondary N) is 1. The van der Waals surface area contributed by atoms with Crippen LogP contribution < -0.4 is 5.32 Å². The number of carbonyl (C=O) groups excluding carboxylic acids is 1. The summed E-state index contributed by atoms with van der Waals surface area (Å²) in [5.41, 5.74) is -1.38. The lowest BCUT2D eigenvalue weighted by Gasteiger charge is -2.35. The van der Waals surface area contributed by atoms with Crippen LogP contribution in [0.3, 0.4) is 0 Å². The summed E-state index contributed by atoms with van der Waals surface area (Å²) < 4.78 is 31.8. The van der Waals surface area contributed by atoms with E-state index < -0.39 is 27.3 Å². The fourth-order valence-corrected chi connectivity index (χ4v) is 4.07. The van der Waals surface area contributed by atoms with E-state index in [1.165, 1.54) is 7.05 Å². The molecule has 1 aliphatic rings. The quantitative estimate of drug-likeness (QED) is 0.685. The first-order valence-corrected chi connectivity index (χ1v) is 9.92. The van der Waals surface area contributed by atoms with Crippen LogP contribution in [0.1, 0.15) is 33.4 Å². The number of amides is 1. The average molecular weight is 433 g/mol. The molecular formula is C15H21BrN4O4S. The summed E-state index contributed by atoms with van der Waals surface area (Å²) in [6.45, 7) is 6.80. The molecule has 0 spiro atoms. The molecule has 0 radical (unpaired) electrons. The van der Waals surface area contributed by atoms with Crippen molar-refractivity contribution >= 4 is 38.0 Å². The zero-order chi connectivity index (χ0) is 19.0. The number of nitrogens with zero attached hydrogens (tertiary/aromatic N) is 3. The van der Waals surface area contributed by atoms with Crippen LogP contribution in [0.25, 0.3) is 0 Å². The van der Waals surface area contributed by atoms with Crippen LogP contribution in [0.15, 0.2) is 27.8 Å². The highest BCUT2D eigenvalue weighted by Crippen LogP contribution is 2.31. The standard InChI is InChI=1S/C15H21BrN4O4S/c1-14(2,3)24-13(21)18-12-19-15(4,9-25(22,23)20(12)5)10-7-6-8-11(16)17-10/h6-8H,9H2,1-5H3,(H,18,19,21)/t15-/m0/s1. The number of aromatic nitrogens is 1. The molecular weight excluding hydrogens is 412 g/mol. The van der Waals surface area contributed by atoms with Gasteiger partial charge in [-0.3, -0.25) is 5.32 Å². The highest BCUT2D eigenvalue weighted by Gasteiger charge is 2.42. The van der Waals surface area contributed by atoms with Crippen molar-refractivity contribution in [2.75, 3.05) is 12.8 Å². The third kappa shape index (κ3) is 4.69. The molecule has 0 fully saturated rings. The van der Waals surface area contributed by atoms with Crippen molar-refractivity contribution in [2.24, 2.45) is 4.99 Å². The molecule has 2 rings (SSSR count). The minimum atomic E-state index is -3.69. The van der Waals surface area contributed by atoms with Gasteiger partial charge in [0.1, 0.15) is 21.5 Å². The van der Waals surface area contributed by atoms with E-state index in [1.54, 1.807) is 45.9 Å². The minimum absolute atomic E-state index is 0.107. The van der Waals surface area contributed by atoms with Crippen LogP contribution >= 0.6 is 15.9 Å². The van der Waals surface area contributed by atoms with Gasteiger partial charge in [0.05, 0.1) is 5.69 Å². The van der Waals surface area contributed by atoms with Gasteiger partial charge in [-0.15, -0.1) is 0 Å². The number of rotatable bonds is 1. The molecule has 0 bridgehead atoms. The Kier molecular flexibility index (Phi) is 5.16. The molecule has 1 N–H and O–H groups in total. The SMILES string of the molecule is CN1C(NC(=O)OC(C)(C)C)=N[C@](C)(c2cccc(Br)n2)CS1(=O)=O. The third-order valence-corrected chi connectivity index (χ3v) is 5.79. The lowest BCUT2D eigenvalue weighted by Crippen LogP contribution is -2.54. The van der Waals surface area contributed by atoms with E-state index in [-0.39, 0.29) is 11.7 Å². The van der Waals surface area contributed by atoms with Gasteiger partial charge in [-0.25, -0.2) is 27.5 Å². The third-order valence-electron chi connectivity index (χ3n) is 3.41. The molecule has 1 aliphatic heterocycles. The molecule has 10 heteroatoms. The lowest BCUT2D eigenvalue weighted by molar-refractivity contribution is 0.0559. The molecule has 0 unspecified atom stereocenters. The Labute approximate surface area is 155 Å². The largest absolute Gasteiger partial charge is 0.444 e. The smallest absolute Gasteiger partial charge is 0.414 e. The van der Waals surface area contributed by atoms with Gasteiger partial charge < -0.3 is 4.74 Å². The molecule has 1 atom stereocenters. The van der Waals surface area contributed by atoms with Gasteiger partial charge in [-0.2, -0.15) is 0 Å². The van der Waals surface area contributed by atoms with Crippen molar-refractivity contribution in [1.82, 2.24) is 14.6 Å². The van der Waals surface area contributed by atoms with E-state index in [0.717, 1.165) is 4.31 Å². The molecule has 0 saturated carbocycles. The Balaban J connectivity index is 2.42. The predicted octanol–water partition coefficient (Wildman–Crippen LogP) is 2.22. The monoisotopic (exact) mass is 432 g/mol. The first-order chi connectivity index (χ1) is 11.3. The molecule has 1 amide bonds. The van der Waals surface area contributed by atoms with E-state index in [4.69, 9.17) is 4.74 Å². The fourth-order valence-electron chi connectivity index (χ4n) is 2.26. The molecule has 0 saturated heterocycles. The van der Waals surface area contributed by atoms with Gasteiger partial charge in [-0.05, 0) is 55.8 Å². The summed E-state index contributed by atoms with van der Waals surface area (Å²) in [6.07, 6.45) is -0.778. The van der Waals surface area contributed by atoms with Crippen LogP contribution in [-0.4, -0.2) is 48.2 Å². The number of hydrogen-bond donors (Lipinski definition) is 1. The minimum Gasteiger partial charge on any atom is -0.444 e. The molecule has 138 valence electrons. The number of ether oxygens (including phenoxy) is 1. The number of hydrogen-bond acceptors (Lipinski definition) is 6. The zero-order valence-corrected chi connectivity index (χ0v) is 17.1. The van der Waals surface area contributed by atoms with Gasteiger partial charge in [0.2, 0.25) is 16.0 Å². The highest BCUT2D eigenvalue weighted by atomic mass is 79.9. The number of carbonyl (C=O) groups is 1. The Morgan fingerprint density at radius 3 is 2.60 bits per heavy atom. The molecule has 8 nitrogen and oxygen atoms in total. The summed E-state index contributed by atoms with van der Waals surface area (Å²) in [7, 11) is -2.36. The van der Waals surface area contributed by atoms with Crippen molar-refractivity contribution in [3.8, 4) is 0 Å². The highest BCUT2D eigenvalue weighted by molar-refractivity contribution is 9.10. The topological polar surface area (TPSA) is 101 Å². The average Bonchev–Trinajstić information content (AvgIpc) is 2.42. The maximum atomic E-state index is 12.5. The van der Waals surface area contributed by atoms with Crippen molar-refractivity contribution in [2.45, 2.75) is 38.8 Å². The van der Waals surface area contributed by atoms with E-state index >= 15 is 0 Å². The predicted molar refractivity (Wildman–Crippen MR) is 97.6 cm³/mol. The van der Waals surface area contributed by atoms with Crippen LogP contribution in [0.2, 0.25) is 0 Å². The van der Waals surface area contributed by atoms with Crippen LogP contribution in [-0.2, 0) is 20.3 Å². The number of sulfonamides is 1. The molecule has 0 aromatic carbocycles. The van der Waals surface area contributed by atoms with Crippen molar-refractivity contribution in [1.29, 1.82) is 0 Å². The Morgan fingerprint density at radius 1 is 1.40 bits per heavy atom. The number of pyridine rings is 1. The summed E-state index contributed by atoms with van der Waals surface area (Å²) in [4.78, 5) is 20.8. The van der Waals surface area contributed by atoms with Gasteiger partial charge in [0.25, 0.3) is 0 Å². The molecule has 2 heterocycles. The second kappa shape index (κ2) is 6.56. The van der Waals surface area contributed by atoms with Crippen LogP contribution in [0.4, 0.5) is 4.79 Å². The number of guanidine groups is 1. The first kappa shape index (κ1) is 19.6. The Morgan fingerprint density at radius 2 is 2.04 bits per heavy atom. The Bertz CT molecular complexity index is 819. The van der Waals surface area contributed by atoms with E-state index in [9.17, 15) is 13.2 Å². The second-order valence-electron chi connectivity index (χ2n) is 6.91. The molecule has 1 aromatic rings. The summed E-state index contributed by atoms with van der Waals surface area (Å²) in [6, 6.07) is 5.18. The van der Waals surface area contributed by atoms with Crippen LogP contribution in [0, 0.1) is 0 Å². The molecule has 25 heavy (non-hydrogen) atoms. The normalized spacial score (nSPS) is 23.0. The number of aliphatic imine (C=N–C) groups is 1. The maximum absolute atomic E-state index is 12.5. The van der Waals surface area contributed by atoms with Crippen molar-refractivity contribution < 1.29 is 17.9 Å². The fraction of sp³-hybridized carbons (Fsp3) is 0.533. The second-order valence-corrected chi connectivity index (χ2v) is 9.72. The molecule has 1 aromatic heterocycles. The van der Waals surface area contributed by atoms with Crippen LogP contribution in [0.5, 0.6) is 0 Å². The number of halogens is 1. The molecule has 0 aliphatic carbocycles. The van der Waals surface area contributed by atoms with E-state index in [1.807, 2.05) is 0 Å². The summed E-state index contributed by atoms with van der Waals surface area (Å²) in [5, 5.41) is 2.42. The van der Waals surface area contributed by atoms with Crippen molar-refractivity contribution in [3.05, 3.63) is 28.5 Å². The summed E-state index contributed by atoms with van der Waals surface area (Å²) >= 11 is 3.27. The van der Waals surface area contributed by atoms with Gasteiger partial charge >= 0.3 is 6.09 Å². The first-order valence-electron chi connectivity index (χ1n) is 7.52. The Hall–Kier alpha value is -1.68. The van der Waals surface area contributed by atoms with Gasteiger partial charge in [0.15, 0.2) is 0 Å². The van der Waals surface area contributed by atoms with Crippen molar-refractivity contribution in [3.63, 3.8) is 0 Å².